The second-order valence-corrected chi connectivity index (χ2v) is 8.15. The van der Waals surface area contributed by atoms with Crippen LogP contribution in [0.4, 0.5) is 5.69 Å². The molecular formula is C24H20Cl2N4O. The first-order valence-corrected chi connectivity index (χ1v) is 10.5. The zero-order valence-corrected chi connectivity index (χ0v) is 18.8. The average Bonchev–Trinajstić information content (AvgIpc) is 3.19. The van der Waals surface area contributed by atoms with Gasteiger partial charge >= 0.3 is 0 Å². The molecule has 0 radical (unpaired) electrons. The van der Waals surface area contributed by atoms with E-state index in [1.54, 1.807) is 22.9 Å². The number of carbonyl (C=O) groups is 1. The fourth-order valence-corrected chi connectivity index (χ4v) is 3.54. The number of anilines is 1. The first kappa shape index (κ1) is 21.1. The maximum atomic E-state index is 13.0. The lowest BCUT2D eigenvalue weighted by Crippen LogP contribution is -2.15. The van der Waals surface area contributed by atoms with Crippen LogP contribution in [-0.2, 0) is 0 Å². The number of aromatic nitrogens is 3. The zero-order valence-electron chi connectivity index (χ0n) is 17.3. The second kappa shape index (κ2) is 8.53. The summed E-state index contributed by atoms with van der Waals surface area (Å²) < 4.78 is 1.64. The monoisotopic (exact) mass is 450 g/mol. The van der Waals surface area contributed by atoms with Crippen molar-refractivity contribution in [3.8, 4) is 17.1 Å². The molecule has 0 aliphatic rings. The summed E-state index contributed by atoms with van der Waals surface area (Å²) in [5.74, 6) is 0.181. The first-order valence-electron chi connectivity index (χ1n) is 9.70. The number of carbonyl (C=O) groups excluding carboxylic acids is 1. The topological polar surface area (TPSA) is 59.8 Å². The Labute approximate surface area is 190 Å². The van der Waals surface area contributed by atoms with Crippen LogP contribution in [0.25, 0.3) is 17.1 Å². The Bertz CT molecular complexity index is 1300. The molecule has 1 N–H and O–H groups in total. The highest BCUT2D eigenvalue weighted by molar-refractivity contribution is 6.32. The Hall–Kier alpha value is -3.15. The third kappa shape index (κ3) is 4.33. The molecule has 0 saturated carbocycles. The zero-order chi connectivity index (χ0) is 22.1. The molecule has 0 saturated heterocycles. The van der Waals surface area contributed by atoms with E-state index in [0.717, 1.165) is 27.9 Å². The Morgan fingerprint density at radius 3 is 2.45 bits per heavy atom. The molecule has 4 aromatic rings. The summed E-state index contributed by atoms with van der Waals surface area (Å²) in [5.41, 5.74) is 5.00. The van der Waals surface area contributed by atoms with E-state index in [1.165, 1.54) is 0 Å². The summed E-state index contributed by atoms with van der Waals surface area (Å²) >= 11 is 12.5. The van der Waals surface area contributed by atoms with Crippen LogP contribution in [0.15, 0.2) is 60.7 Å². The summed E-state index contributed by atoms with van der Waals surface area (Å²) in [6.45, 7) is 5.78. The maximum absolute atomic E-state index is 13.0. The van der Waals surface area contributed by atoms with Gasteiger partial charge in [0.1, 0.15) is 0 Å². The van der Waals surface area contributed by atoms with Gasteiger partial charge in [-0.15, -0.1) is 5.10 Å². The molecule has 1 aromatic heterocycles. The van der Waals surface area contributed by atoms with Crippen molar-refractivity contribution in [2.45, 2.75) is 20.8 Å². The van der Waals surface area contributed by atoms with Crippen LogP contribution in [0.2, 0.25) is 10.0 Å². The van der Waals surface area contributed by atoms with Gasteiger partial charge in [0.15, 0.2) is 5.82 Å². The largest absolute Gasteiger partial charge is 0.319 e. The van der Waals surface area contributed by atoms with Gasteiger partial charge in [-0.25, -0.2) is 9.67 Å². The lowest BCUT2D eigenvalue weighted by Gasteiger charge is -2.08. The molecule has 31 heavy (non-hydrogen) atoms. The molecule has 0 aliphatic carbocycles. The molecule has 0 bridgehead atoms. The minimum absolute atomic E-state index is 0.0487. The molecule has 1 heterocycles. The van der Waals surface area contributed by atoms with E-state index in [1.807, 2.05) is 63.2 Å². The van der Waals surface area contributed by atoms with Crippen molar-refractivity contribution < 1.29 is 4.79 Å². The van der Waals surface area contributed by atoms with Crippen LogP contribution in [-0.4, -0.2) is 20.7 Å². The van der Waals surface area contributed by atoms with Crippen LogP contribution >= 0.6 is 23.2 Å². The molecule has 1 amide bonds. The van der Waals surface area contributed by atoms with Gasteiger partial charge in [-0.1, -0.05) is 59.1 Å². The molecule has 0 spiro atoms. The normalized spacial score (nSPS) is 10.9. The van der Waals surface area contributed by atoms with E-state index < -0.39 is 5.91 Å². The maximum Gasteiger partial charge on any atom is 0.295 e. The summed E-state index contributed by atoms with van der Waals surface area (Å²) in [5, 5.41) is 8.55. The molecule has 3 aromatic carbocycles. The number of amides is 1. The molecule has 0 fully saturated rings. The number of nitrogens with zero attached hydrogens (tertiary/aromatic N) is 3. The lowest BCUT2D eigenvalue weighted by molar-refractivity contribution is 0.101. The Morgan fingerprint density at radius 2 is 1.71 bits per heavy atom. The van der Waals surface area contributed by atoms with Crippen LogP contribution in [0.5, 0.6) is 0 Å². The number of nitrogens with one attached hydrogen (secondary N) is 1. The molecule has 0 atom stereocenters. The van der Waals surface area contributed by atoms with E-state index in [-0.39, 0.29) is 5.82 Å². The van der Waals surface area contributed by atoms with Gasteiger partial charge < -0.3 is 5.32 Å². The SMILES string of the molecule is Cc1cccc(-c2nc(C(=O)Nc3cccc(Cl)c3C)nn2-c2ccc(C)c(Cl)c2)c1. The van der Waals surface area contributed by atoms with Crippen LogP contribution in [0.3, 0.4) is 0 Å². The number of aryl methyl sites for hydroxylation is 2. The standard InChI is InChI=1S/C24H20Cl2N4O/c1-14-6-4-7-17(12-14)23-28-22(24(31)27-21-9-5-8-19(25)16(21)3)29-30(23)18-11-10-15(2)20(26)13-18/h4-13H,1-3H3,(H,27,31). The number of halogens is 2. The van der Waals surface area contributed by atoms with Crippen LogP contribution in [0, 0.1) is 20.8 Å². The number of benzene rings is 3. The smallest absolute Gasteiger partial charge is 0.295 e. The van der Waals surface area contributed by atoms with Crippen molar-refractivity contribution >= 4 is 34.8 Å². The Balaban J connectivity index is 1.80. The van der Waals surface area contributed by atoms with E-state index >= 15 is 0 Å². The highest BCUT2D eigenvalue weighted by Crippen LogP contribution is 2.27. The molecule has 0 aliphatic heterocycles. The van der Waals surface area contributed by atoms with Gasteiger partial charge in [0, 0.05) is 21.3 Å². The summed E-state index contributed by atoms with van der Waals surface area (Å²) in [4.78, 5) is 17.5. The fourth-order valence-electron chi connectivity index (χ4n) is 3.19. The van der Waals surface area contributed by atoms with Crippen molar-refractivity contribution in [1.29, 1.82) is 0 Å². The molecular weight excluding hydrogens is 431 g/mol. The number of hydrogen-bond donors (Lipinski definition) is 1. The van der Waals surface area contributed by atoms with E-state index in [2.05, 4.69) is 15.4 Å². The third-order valence-corrected chi connectivity index (χ3v) is 5.82. The average molecular weight is 451 g/mol. The molecule has 5 nitrogen and oxygen atoms in total. The van der Waals surface area contributed by atoms with Gasteiger partial charge in [0.25, 0.3) is 5.91 Å². The fraction of sp³-hybridized carbons (Fsp3) is 0.125. The Morgan fingerprint density at radius 1 is 0.935 bits per heavy atom. The summed E-state index contributed by atoms with van der Waals surface area (Å²) in [7, 11) is 0. The minimum atomic E-state index is -0.420. The third-order valence-electron chi connectivity index (χ3n) is 5.00. The van der Waals surface area contributed by atoms with Gasteiger partial charge in [-0.2, -0.15) is 0 Å². The number of rotatable bonds is 4. The van der Waals surface area contributed by atoms with Gasteiger partial charge in [0.05, 0.1) is 5.69 Å². The predicted octanol–water partition coefficient (Wildman–Crippen LogP) is 6.42. The van der Waals surface area contributed by atoms with Crippen LogP contribution in [0.1, 0.15) is 27.3 Å². The summed E-state index contributed by atoms with van der Waals surface area (Å²) in [6, 6.07) is 18.9. The predicted molar refractivity (Wildman–Crippen MR) is 125 cm³/mol. The highest BCUT2D eigenvalue weighted by atomic mass is 35.5. The molecule has 0 unspecified atom stereocenters. The lowest BCUT2D eigenvalue weighted by atomic mass is 10.1. The number of hydrogen-bond acceptors (Lipinski definition) is 3. The van der Waals surface area contributed by atoms with Gasteiger partial charge in [-0.05, 0) is 62.2 Å². The van der Waals surface area contributed by atoms with Crippen molar-refractivity contribution in [3.05, 3.63) is 93.2 Å². The van der Waals surface area contributed by atoms with E-state index in [4.69, 9.17) is 23.2 Å². The summed E-state index contributed by atoms with van der Waals surface area (Å²) in [6.07, 6.45) is 0. The molecule has 4 rings (SSSR count). The quantitative estimate of drug-likeness (QED) is 0.390. The van der Waals surface area contributed by atoms with Crippen molar-refractivity contribution in [3.63, 3.8) is 0 Å². The van der Waals surface area contributed by atoms with Gasteiger partial charge in [-0.3, -0.25) is 4.79 Å². The molecule has 156 valence electrons. The van der Waals surface area contributed by atoms with Crippen molar-refractivity contribution in [1.82, 2.24) is 14.8 Å². The van der Waals surface area contributed by atoms with Crippen molar-refractivity contribution in [2.24, 2.45) is 0 Å². The Kier molecular flexibility index (Phi) is 5.81. The second-order valence-electron chi connectivity index (χ2n) is 7.34. The van der Waals surface area contributed by atoms with Crippen molar-refractivity contribution in [2.75, 3.05) is 5.32 Å². The first-order chi connectivity index (χ1) is 14.8. The van der Waals surface area contributed by atoms with Gasteiger partial charge in [0.2, 0.25) is 5.82 Å². The van der Waals surface area contributed by atoms with E-state index in [9.17, 15) is 4.79 Å². The minimum Gasteiger partial charge on any atom is -0.319 e. The van der Waals surface area contributed by atoms with Crippen LogP contribution < -0.4 is 5.32 Å². The highest BCUT2D eigenvalue weighted by Gasteiger charge is 2.20. The van der Waals surface area contributed by atoms with E-state index in [0.29, 0.717) is 21.6 Å². The molecule has 7 heteroatoms.